The number of aromatic nitrogens is 2. The average Bonchev–Trinajstić information content (AvgIpc) is 2.84. The van der Waals surface area contributed by atoms with Crippen LogP contribution in [0, 0.1) is 6.92 Å². The fourth-order valence-corrected chi connectivity index (χ4v) is 2.21. The van der Waals surface area contributed by atoms with Crippen LogP contribution in [0.2, 0.25) is 0 Å². The van der Waals surface area contributed by atoms with Crippen molar-refractivity contribution in [3.63, 3.8) is 0 Å². The molecular weight excluding hydrogens is 238 g/mol. The number of thiophene rings is 1. The van der Waals surface area contributed by atoms with Crippen molar-refractivity contribution in [1.82, 2.24) is 9.78 Å². The van der Waals surface area contributed by atoms with Crippen molar-refractivity contribution >= 4 is 23.1 Å². The van der Waals surface area contributed by atoms with Gasteiger partial charge >= 0.3 is 5.97 Å². The van der Waals surface area contributed by atoms with Gasteiger partial charge in [0.1, 0.15) is 5.82 Å². The summed E-state index contributed by atoms with van der Waals surface area (Å²) >= 11 is 1.43. The molecule has 2 heterocycles. The predicted octanol–water partition coefficient (Wildman–Crippen LogP) is 2.10. The summed E-state index contributed by atoms with van der Waals surface area (Å²) in [5.74, 6) is -0.0866. The molecule has 2 N–H and O–H groups in total. The minimum absolute atomic E-state index is 0.337. The largest absolute Gasteiger partial charge is 0.478 e. The lowest BCUT2D eigenvalue weighted by Crippen LogP contribution is -1.99. The van der Waals surface area contributed by atoms with Gasteiger partial charge in [0, 0.05) is 29.1 Å². The van der Waals surface area contributed by atoms with Gasteiger partial charge in [0.25, 0.3) is 0 Å². The van der Waals surface area contributed by atoms with E-state index in [-0.39, 0.29) is 0 Å². The first-order chi connectivity index (χ1) is 8.06. The van der Waals surface area contributed by atoms with E-state index in [0.29, 0.717) is 12.1 Å². The zero-order valence-electron chi connectivity index (χ0n) is 9.60. The van der Waals surface area contributed by atoms with Gasteiger partial charge in [-0.1, -0.05) is 0 Å². The van der Waals surface area contributed by atoms with Crippen LogP contribution < -0.4 is 5.32 Å². The molecule has 0 saturated heterocycles. The van der Waals surface area contributed by atoms with Crippen LogP contribution in [0.25, 0.3) is 0 Å². The van der Waals surface area contributed by atoms with Gasteiger partial charge in [-0.2, -0.15) is 5.10 Å². The zero-order chi connectivity index (χ0) is 12.4. The maximum Gasteiger partial charge on any atom is 0.336 e. The number of carboxylic acid groups (broad SMARTS) is 1. The van der Waals surface area contributed by atoms with Gasteiger partial charge in [0.15, 0.2) is 0 Å². The van der Waals surface area contributed by atoms with Crippen molar-refractivity contribution in [2.45, 2.75) is 13.5 Å². The van der Waals surface area contributed by atoms with Crippen molar-refractivity contribution in [2.24, 2.45) is 7.05 Å². The third-order valence-corrected chi connectivity index (χ3v) is 3.39. The number of aryl methyl sites for hydroxylation is 2. The Balaban J connectivity index is 1.99. The van der Waals surface area contributed by atoms with Gasteiger partial charge in [-0.15, -0.1) is 11.3 Å². The standard InChI is InChI=1S/C11H13N3O2S/c1-7-3-10(13-14(7)2)12-5-9-4-8(6-17-9)11(15)16/h3-4,6H,5H2,1-2H3,(H,12,13)(H,15,16). The lowest BCUT2D eigenvalue weighted by Gasteiger charge is -1.98. The van der Waals surface area contributed by atoms with E-state index in [1.807, 2.05) is 20.0 Å². The Bertz CT molecular complexity index is 525. The van der Waals surface area contributed by atoms with Crippen LogP contribution in [-0.2, 0) is 13.6 Å². The van der Waals surface area contributed by atoms with Crippen LogP contribution in [0.4, 0.5) is 5.82 Å². The minimum atomic E-state index is -0.888. The molecule has 0 unspecified atom stereocenters. The Morgan fingerprint density at radius 3 is 2.88 bits per heavy atom. The van der Waals surface area contributed by atoms with E-state index >= 15 is 0 Å². The molecule has 5 nitrogen and oxygen atoms in total. The van der Waals surface area contributed by atoms with Gasteiger partial charge in [0.05, 0.1) is 12.1 Å². The SMILES string of the molecule is Cc1cc(NCc2cc(C(=O)O)cs2)nn1C. The second-order valence-electron chi connectivity index (χ2n) is 3.75. The third kappa shape index (κ3) is 2.65. The molecule has 2 aromatic heterocycles. The topological polar surface area (TPSA) is 67.2 Å². The normalized spacial score (nSPS) is 10.5. The summed E-state index contributed by atoms with van der Waals surface area (Å²) in [4.78, 5) is 11.7. The third-order valence-electron chi connectivity index (χ3n) is 2.46. The predicted molar refractivity (Wildman–Crippen MR) is 66.6 cm³/mol. The molecule has 2 rings (SSSR count). The van der Waals surface area contributed by atoms with Gasteiger partial charge in [-0.25, -0.2) is 4.79 Å². The number of rotatable bonds is 4. The van der Waals surface area contributed by atoms with Gasteiger partial charge in [-0.3, -0.25) is 4.68 Å². The first-order valence-electron chi connectivity index (χ1n) is 5.11. The Morgan fingerprint density at radius 2 is 2.35 bits per heavy atom. The molecule has 0 bridgehead atoms. The first kappa shape index (κ1) is 11.7. The molecule has 0 aliphatic rings. The summed E-state index contributed by atoms with van der Waals surface area (Å²) in [6.07, 6.45) is 0. The van der Waals surface area contributed by atoms with Crippen molar-refractivity contribution < 1.29 is 9.90 Å². The Morgan fingerprint density at radius 1 is 1.59 bits per heavy atom. The maximum atomic E-state index is 10.7. The highest BCUT2D eigenvalue weighted by molar-refractivity contribution is 7.10. The number of hydrogen-bond donors (Lipinski definition) is 2. The van der Waals surface area contributed by atoms with E-state index in [0.717, 1.165) is 16.4 Å². The molecule has 0 radical (unpaired) electrons. The lowest BCUT2D eigenvalue weighted by molar-refractivity contribution is 0.0697. The van der Waals surface area contributed by atoms with Crippen molar-refractivity contribution in [2.75, 3.05) is 5.32 Å². The Hall–Kier alpha value is -1.82. The molecule has 0 spiro atoms. The fraction of sp³-hybridized carbons (Fsp3) is 0.273. The van der Waals surface area contributed by atoms with E-state index in [9.17, 15) is 4.79 Å². The number of aromatic carboxylic acids is 1. The molecule has 6 heteroatoms. The number of carboxylic acids is 1. The summed E-state index contributed by atoms with van der Waals surface area (Å²) in [5, 5.41) is 17.9. The molecule has 90 valence electrons. The molecule has 0 aromatic carbocycles. The molecular formula is C11H13N3O2S. The number of hydrogen-bond acceptors (Lipinski definition) is 4. The monoisotopic (exact) mass is 251 g/mol. The zero-order valence-corrected chi connectivity index (χ0v) is 10.4. The molecule has 0 aliphatic carbocycles. The van der Waals surface area contributed by atoms with Gasteiger partial charge in [0.2, 0.25) is 0 Å². The first-order valence-corrected chi connectivity index (χ1v) is 5.99. The summed E-state index contributed by atoms with van der Waals surface area (Å²) in [7, 11) is 1.88. The fourth-order valence-electron chi connectivity index (χ4n) is 1.41. The number of carbonyl (C=O) groups is 1. The van der Waals surface area contributed by atoms with Crippen LogP contribution in [-0.4, -0.2) is 20.9 Å². The highest BCUT2D eigenvalue weighted by atomic mass is 32.1. The number of nitrogens with zero attached hydrogens (tertiary/aromatic N) is 2. The molecule has 0 saturated carbocycles. The molecule has 0 aliphatic heterocycles. The summed E-state index contributed by atoms with van der Waals surface area (Å²) in [5.41, 5.74) is 1.41. The average molecular weight is 251 g/mol. The molecule has 2 aromatic rings. The number of anilines is 1. The Labute approximate surface area is 103 Å². The lowest BCUT2D eigenvalue weighted by atomic mass is 10.3. The summed E-state index contributed by atoms with van der Waals surface area (Å²) in [6, 6.07) is 3.63. The van der Waals surface area contributed by atoms with E-state index in [4.69, 9.17) is 5.11 Å². The van der Waals surface area contributed by atoms with E-state index in [1.165, 1.54) is 11.3 Å². The summed E-state index contributed by atoms with van der Waals surface area (Å²) < 4.78 is 1.79. The van der Waals surface area contributed by atoms with Crippen LogP contribution >= 0.6 is 11.3 Å². The smallest absolute Gasteiger partial charge is 0.336 e. The Kier molecular flexibility index (Phi) is 3.14. The van der Waals surface area contributed by atoms with Crippen molar-refractivity contribution in [3.8, 4) is 0 Å². The highest BCUT2D eigenvalue weighted by Crippen LogP contribution is 2.16. The maximum absolute atomic E-state index is 10.7. The second kappa shape index (κ2) is 4.58. The second-order valence-corrected chi connectivity index (χ2v) is 4.75. The van der Waals surface area contributed by atoms with Gasteiger partial charge in [-0.05, 0) is 13.0 Å². The number of nitrogens with one attached hydrogen (secondary N) is 1. The van der Waals surface area contributed by atoms with Crippen LogP contribution in [0.1, 0.15) is 20.9 Å². The summed E-state index contributed by atoms with van der Waals surface area (Å²) in [6.45, 7) is 2.57. The minimum Gasteiger partial charge on any atom is -0.478 e. The molecule has 0 amide bonds. The van der Waals surface area contributed by atoms with Crippen LogP contribution in [0.5, 0.6) is 0 Å². The van der Waals surface area contributed by atoms with Crippen LogP contribution in [0.15, 0.2) is 17.5 Å². The van der Waals surface area contributed by atoms with E-state index < -0.39 is 5.97 Å². The molecule has 0 fully saturated rings. The van der Waals surface area contributed by atoms with Crippen molar-refractivity contribution in [1.29, 1.82) is 0 Å². The van der Waals surface area contributed by atoms with Gasteiger partial charge < -0.3 is 10.4 Å². The van der Waals surface area contributed by atoms with Crippen molar-refractivity contribution in [3.05, 3.63) is 33.6 Å². The van der Waals surface area contributed by atoms with Crippen LogP contribution in [0.3, 0.4) is 0 Å². The van der Waals surface area contributed by atoms with E-state index in [2.05, 4.69) is 10.4 Å². The molecule has 17 heavy (non-hydrogen) atoms. The quantitative estimate of drug-likeness (QED) is 0.873. The highest BCUT2D eigenvalue weighted by Gasteiger charge is 2.07. The molecule has 0 atom stereocenters. The van der Waals surface area contributed by atoms with E-state index in [1.54, 1.807) is 16.1 Å².